The zero-order valence-corrected chi connectivity index (χ0v) is 11.3. The predicted octanol–water partition coefficient (Wildman–Crippen LogP) is 3.74. The van der Waals surface area contributed by atoms with Gasteiger partial charge in [0.1, 0.15) is 5.82 Å². The average molecular weight is 298 g/mol. The highest BCUT2D eigenvalue weighted by atomic mass is 19.4. The molecule has 1 heterocycles. The number of hydrogen-bond donors (Lipinski definition) is 1. The third kappa shape index (κ3) is 4.01. The maximum absolute atomic E-state index is 12.9. The van der Waals surface area contributed by atoms with E-state index in [4.69, 9.17) is 0 Å². The molecule has 0 aliphatic carbocycles. The van der Waals surface area contributed by atoms with Crippen molar-refractivity contribution >= 4 is 0 Å². The van der Waals surface area contributed by atoms with Crippen LogP contribution in [-0.2, 0) is 12.6 Å². The molecule has 0 saturated carbocycles. The van der Waals surface area contributed by atoms with Crippen LogP contribution in [-0.4, -0.2) is 12.0 Å². The van der Waals surface area contributed by atoms with Crippen molar-refractivity contribution in [3.8, 4) is 0 Å². The fourth-order valence-corrected chi connectivity index (χ4v) is 2.06. The van der Waals surface area contributed by atoms with Crippen molar-refractivity contribution in [1.82, 2.24) is 10.3 Å². The quantitative estimate of drug-likeness (QED) is 0.870. The molecular weight excluding hydrogens is 284 g/mol. The maximum Gasteiger partial charge on any atom is 0.416 e. The molecule has 2 nitrogen and oxygen atoms in total. The summed E-state index contributed by atoms with van der Waals surface area (Å²) in [6.07, 6.45) is -2.94. The summed E-state index contributed by atoms with van der Waals surface area (Å²) in [5, 5.41) is 2.98. The van der Waals surface area contributed by atoms with Crippen molar-refractivity contribution in [2.24, 2.45) is 0 Å². The van der Waals surface area contributed by atoms with Gasteiger partial charge in [0.05, 0.1) is 23.5 Å². The molecule has 0 saturated heterocycles. The molecule has 0 aliphatic heterocycles. The van der Waals surface area contributed by atoms with Crippen molar-refractivity contribution < 1.29 is 17.6 Å². The zero-order chi connectivity index (χ0) is 15.5. The van der Waals surface area contributed by atoms with Crippen LogP contribution in [0.1, 0.15) is 22.9 Å². The number of pyridine rings is 1. The van der Waals surface area contributed by atoms with Gasteiger partial charge in [-0.3, -0.25) is 4.98 Å². The van der Waals surface area contributed by atoms with Crippen molar-refractivity contribution in [2.75, 3.05) is 7.05 Å². The van der Waals surface area contributed by atoms with E-state index in [2.05, 4.69) is 10.3 Å². The molecule has 1 N–H and O–H groups in total. The molecule has 0 amide bonds. The molecule has 1 atom stereocenters. The van der Waals surface area contributed by atoms with Crippen LogP contribution in [0.5, 0.6) is 0 Å². The molecule has 1 aromatic heterocycles. The summed E-state index contributed by atoms with van der Waals surface area (Å²) in [7, 11) is 1.68. The fourth-order valence-electron chi connectivity index (χ4n) is 2.06. The summed E-state index contributed by atoms with van der Waals surface area (Å²) in [6, 6.07) is 7.67. The van der Waals surface area contributed by atoms with Crippen LogP contribution in [0.25, 0.3) is 0 Å². The molecule has 0 fully saturated rings. The molecule has 0 aliphatic rings. The van der Waals surface area contributed by atoms with Crippen LogP contribution in [0.15, 0.2) is 42.6 Å². The molecule has 1 unspecified atom stereocenters. The van der Waals surface area contributed by atoms with Gasteiger partial charge in [-0.15, -0.1) is 0 Å². The van der Waals surface area contributed by atoms with Gasteiger partial charge < -0.3 is 5.32 Å². The minimum atomic E-state index is -4.36. The topological polar surface area (TPSA) is 24.9 Å². The summed E-state index contributed by atoms with van der Waals surface area (Å²) in [4.78, 5) is 3.96. The summed E-state index contributed by atoms with van der Waals surface area (Å²) in [5.74, 6) is -0.451. The highest BCUT2D eigenvalue weighted by molar-refractivity contribution is 5.27. The molecule has 6 heteroatoms. The van der Waals surface area contributed by atoms with E-state index >= 15 is 0 Å². The standard InChI is InChI=1S/C15H14F4N2/c1-20-14(13-6-5-12(16)9-21-13)8-10-3-2-4-11(7-10)15(17,18)19/h2-7,9,14,20H,8H2,1H3. The highest BCUT2D eigenvalue weighted by Crippen LogP contribution is 2.30. The smallest absolute Gasteiger partial charge is 0.311 e. The van der Waals surface area contributed by atoms with E-state index in [0.717, 1.165) is 18.3 Å². The normalized spacial score (nSPS) is 13.2. The van der Waals surface area contributed by atoms with Crippen LogP contribution in [0.3, 0.4) is 0 Å². The SMILES string of the molecule is CNC(Cc1cccc(C(F)(F)F)c1)c1ccc(F)cn1. The second kappa shape index (κ2) is 6.22. The Bertz CT molecular complexity index is 593. The van der Waals surface area contributed by atoms with Gasteiger partial charge in [-0.05, 0) is 37.2 Å². The Morgan fingerprint density at radius 3 is 2.52 bits per heavy atom. The van der Waals surface area contributed by atoms with Crippen molar-refractivity contribution in [3.63, 3.8) is 0 Å². The second-order valence-corrected chi connectivity index (χ2v) is 4.64. The number of alkyl halides is 3. The molecular formula is C15H14F4N2. The maximum atomic E-state index is 12.9. The number of rotatable bonds is 4. The number of nitrogens with one attached hydrogen (secondary N) is 1. The van der Waals surface area contributed by atoms with E-state index in [-0.39, 0.29) is 6.04 Å². The summed E-state index contributed by atoms with van der Waals surface area (Å²) in [5.41, 5.74) is 0.438. The fraction of sp³-hybridized carbons (Fsp3) is 0.267. The lowest BCUT2D eigenvalue weighted by molar-refractivity contribution is -0.137. The third-order valence-electron chi connectivity index (χ3n) is 3.15. The van der Waals surface area contributed by atoms with Crippen LogP contribution < -0.4 is 5.32 Å². The van der Waals surface area contributed by atoms with Crippen molar-refractivity contribution in [3.05, 3.63) is 65.2 Å². The van der Waals surface area contributed by atoms with Crippen LogP contribution in [0.2, 0.25) is 0 Å². The van der Waals surface area contributed by atoms with E-state index in [1.165, 1.54) is 18.2 Å². The van der Waals surface area contributed by atoms with Crippen LogP contribution >= 0.6 is 0 Å². The Morgan fingerprint density at radius 2 is 1.95 bits per heavy atom. The Kier molecular flexibility index (Phi) is 4.57. The lowest BCUT2D eigenvalue weighted by Crippen LogP contribution is -2.20. The summed E-state index contributed by atoms with van der Waals surface area (Å²) >= 11 is 0. The minimum absolute atomic E-state index is 0.283. The van der Waals surface area contributed by atoms with Crippen molar-refractivity contribution in [1.29, 1.82) is 0 Å². The largest absolute Gasteiger partial charge is 0.416 e. The highest BCUT2D eigenvalue weighted by Gasteiger charge is 2.30. The van der Waals surface area contributed by atoms with Gasteiger partial charge in [-0.1, -0.05) is 18.2 Å². The van der Waals surface area contributed by atoms with Crippen LogP contribution in [0.4, 0.5) is 17.6 Å². The van der Waals surface area contributed by atoms with E-state index in [0.29, 0.717) is 17.7 Å². The molecule has 21 heavy (non-hydrogen) atoms. The Hall–Kier alpha value is -1.95. The average Bonchev–Trinajstić information content (AvgIpc) is 2.45. The summed E-state index contributed by atoms with van der Waals surface area (Å²) in [6.45, 7) is 0. The lowest BCUT2D eigenvalue weighted by Gasteiger charge is -2.16. The monoisotopic (exact) mass is 298 g/mol. The molecule has 0 bridgehead atoms. The van der Waals surface area contributed by atoms with Gasteiger partial charge in [0, 0.05) is 0 Å². The van der Waals surface area contributed by atoms with Gasteiger partial charge in [-0.25, -0.2) is 4.39 Å². The Morgan fingerprint density at radius 1 is 1.19 bits per heavy atom. The minimum Gasteiger partial charge on any atom is -0.311 e. The first kappa shape index (κ1) is 15.4. The predicted molar refractivity (Wildman–Crippen MR) is 71.1 cm³/mol. The Labute approximate surface area is 119 Å². The number of aromatic nitrogens is 1. The molecule has 2 rings (SSSR count). The molecule has 0 spiro atoms. The van der Waals surface area contributed by atoms with E-state index < -0.39 is 17.6 Å². The van der Waals surface area contributed by atoms with Crippen molar-refractivity contribution in [2.45, 2.75) is 18.6 Å². The number of nitrogens with zero attached hydrogens (tertiary/aromatic N) is 1. The Balaban J connectivity index is 2.21. The van der Waals surface area contributed by atoms with Crippen LogP contribution in [0, 0.1) is 5.82 Å². The van der Waals surface area contributed by atoms with E-state index in [1.807, 2.05) is 0 Å². The number of likely N-dealkylation sites (N-methyl/N-ethyl adjacent to an activating group) is 1. The first-order valence-electron chi connectivity index (χ1n) is 6.35. The van der Waals surface area contributed by atoms with Gasteiger partial charge in [0.2, 0.25) is 0 Å². The molecule has 0 radical (unpaired) electrons. The number of halogens is 4. The number of hydrogen-bond acceptors (Lipinski definition) is 2. The third-order valence-corrected chi connectivity index (χ3v) is 3.15. The van der Waals surface area contributed by atoms with Gasteiger partial charge >= 0.3 is 6.18 Å². The second-order valence-electron chi connectivity index (χ2n) is 4.64. The molecule has 1 aromatic carbocycles. The lowest BCUT2D eigenvalue weighted by atomic mass is 10.0. The van der Waals surface area contributed by atoms with Gasteiger partial charge in [0.15, 0.2) is 0 Å². The van der Waals surface area contributed by atoms with E-state index in [1.54, 1.807) is 13.1 Å². The molecule has 2 aromatic rings. The van der Waals surface area contributed by atoms with E-state index in [9.17, 15) is 17.6 Å². The number of benzene rings is 1. The zero-order valence-electron chi connectivity index (χ0n) is 11.3. The summed E-state index contributed by atoms with van der Waals surface area (Å²) < 4.78 is 50.9. The first-order chi connectivity index (χ1) is 9.90. The molecule has 112 valence electrons. The first-order valence-corrected chi connectivity index (χ1v) is 6.35. The van der Waals surface area contributed by atoms with Gasteiger partial charge in [-0.2, -0.15) is 13.2 Å². The van der Waals surface area contributed by atoms with Gasteiger partial charge in [0.25, 0.3) is 0 Å².